The minimum absolute atomic E-state index is 0.0320. The summed E-state index contributed by atoms with van der Waals surface area (Å²) in [5.41, 5.74) is 1.94. The molecule has 3 N–H and O–H groups in total. The third-order valence-corrected chi connectivity index (χ3v) is 5.91. The number of primary sulfonamides is 1. The van der Waals surface area contributed by atoms with Gasteiger partial charge in [0.15, 0.2) is 0 Å². The largest absolute Gasteiger partial charge is 0.321 e. The summed E-state index contributed by atoms with van der Waals surface area (Å²) >= 11 is 0.853. The Balaban J connectivity index is 1.86. The summed E-state index contributed by atoms with van der Waals surface area (Å²) in [6, 6.07) is 10.4. The number of carbonyl (C=O) groups is 1. The van der Waals surface area contributed by atoms with Gasteiger partial charge in [0.05, 0.1) is 10.6 Å². The van der Waals surface area contributed by atoms with E-state index < -0.39 is 10.0 Å². The Bertz CT molecular complexity index is 992. The molecule has 0 aliphatic rings. The van der Waals surface area contributed by atoms with Crippen LogP contribution in [-0.2, 0) is 10.0 Å². The van der Waals surface area contributed by atoms with Crippen LogP contribution in [0.4, 0.5) is 5.69 Å². The monoisotopic (exact) mass is 362 g/mol. The second-order valence-corrected chi connectivity index (χ2v) is 7.92. The van der Waals surface area contributed by atoms with Gasteiger partial charge in [-0.25, -0.2) is 18.2 Å². The van der Waals surface area contributed by atoms with Crippen molar-refractivity contribution in [2.45, 2.75) is 11.1 Å². The number of nitrogens with one attached hydrogen (secondary N) is 1. The first kappa shape index (κ1) is 16.4. The summed E-state index contributed by atoms with van der Waals surface area (Å²) in [5, 5.41) is 12.0. The number of nitrogens with two attached hydrogens (primary N) is 1. The Morgan fingerprint density at radius 1 is 1.29 bits per heavy atom. The summed E-state index contributed by atoms with van der Waals surface area (Å²) < 4.78 is 24.4. The van der Waals surface area contributed by atoms with Gasteiger partial charge in [-0.1, -0.05) is 6.07 Å². The molecule has 124 valence electrons. The van der Waals surface area contributed by atoms with Crippen LogP contribution in [0, 0.1) is 6.92 Å². The Kier molecular flexibility index (Phi) is 4.22. The van der Waals surface area contributed by atoms with E-state index in [1.165, 1.54) is 6.07 Å². The maximum atomic E-state index is 12.4. The number of benzene rings is 1. The molecule has 9 heteroatoms. The summed E-state index contributed by atoms with van der Waals surface area (Å²) in [6.07, 6.45) is 3.46. The van der Waals surface area contributed by atoms with Gasteiger partial charge in [-0.2, -0.15) is 5.10 Å². The first-order valence-electron chi connectivity index (χ1n) is 6.89. The molecule has 0 radical (unpaired) electrons. The molecule has 2 aromatic heterocycles. The standard InChI is InChI=1S/C15H14N4O3S2/c1-10-8-13(24(16,21)22)23-14(10)15(20)18-11-4-2-5-12(9-11)19-7-3-6-17-19/h2-9H,1H3,(H,18,20)(H2,16,21,22). The van der Waals surface area contributed by atoms with Gasteiger partial charge in [-0.05, 0) is 42.8 Å². The molecule has 0 bridgehead atoms. The molecule has 0 fully saturated rings. The number of aryl methyl sites for hydroxylation is 1. The number of sulfonamides is 1. The molecule has 24 heavy (non-hydrogen) atoms. The lowest BCUT2D eigenvalue weighted by Crippen LogP contribution is -2.12. The number of rotatable bonds is 4. The van der Waals surface area contributed by atoms with Gasteiger partial charge in [-0.15, -0.1) is 11.3 Å². The van der Waals surface area contributed by atoms with Crippen molar-refractivity contribution in [1.82, 2.24) is 9.78 Å². The van der Waals surface area contributed by atoms with Crippen LogP contribution < -0.4 is 10.5 Å². The number of aromatic nitrogens is 2. The average Bonchev–Trinajstić information content (AvgIpc) is 3.16. The average molecular weight is 362 g/mol. The molecule has 0 saturated heterocycles. The lowest BCUT2D eigenvalue weighted by atomic mass is 10.2. The number of amides is 1. The number of hydrogen-bond acceptors (Lipinski definition) is 5. The van der Waals surface area contributed by atoms with E-state index >= 15 is 0 Å². The van der Waals surface area contributed by atoms with Gasteiger partial charge in [-0.3, -0.25) is 4.79 Å². The molecule has 7 nitrogen and oxygen atoms in total. The van der Waals surface area contributed by atoms with Crippen LogP contribution in [0.5, 0.6) is 0 Å². The molecule has 1 aromatic carbocycles. The van der Waals surface area contributed by atoms with Crippen molar-refractivity contribution in [2.75, 3.05) is 5.32 Å². The molecule has 2 heterocycles. The summed E-state index contributed by atoms with van der Waals surface area (Å²) in [6.45, 7) is 1.67. The SMILES string of the molecule is Cc1cc(S(N)(=O)=O)sc1C(=O)Nc1cccc(-n2cccn2)c1. The van der Waals surface area contributed by atoms with Gasteiger partial charge in [0.1, 0.15) is 4.21 Å². The van der Waals surface area contributed by atoms with Crippen LogP contribution in [0.2, 0.25) is 0 Å². The molecular weight excluding hydrogens is 348 g/mol. The highest BCUT2D eigenvalue weighted by Gasteiger charge is 2.19. The fourth-order valence-electron chi connectivity index (χ4n) is 2.15. The van der Waals surface area contributed by atoms with Crippen molar-refractivity contribution >= 4 is 33.0 Å². The van der Waals surface area contributed by atoms with Gasteiger partial charge < -0.3 is 5.32 Å². The third kappa shape index (κ3) is 3.37. The summed E-state index contributed by atoms with van der Waals surface area (Å²) in [5.74, 6) is -0.384. The van der Waals surface area contributed by atoms with Crippen molar-refractivity contribution in [2.24, 2.45) is 5.14 Å². The number of nitrogens with zero attached hydrogens (tertiary/aromatic N) is 2. The van der Waals surface area contributed by atoms with E-state index in [0.717, 1.165) is 17.0 Å². The maximum Gasteiger partial charge on any atom is 0.266 e. The van der Waals surface area contributed by atoms with E-state index in [1.807, 2.05) is 6.07 Å². The lowest BCUT2D eigenvalue weighted by molar-refractivity contribution is 0.103. The molecule has 0 unspecified atom stereocenters. The van der Waals surface area contributed by atoms with Crippen molar-refractivity contribution < 1.29 is 13.2 Å². The first-order valence-corrected chi connectivity index (χ1v) is 9.25. The van der Waals surface area contributed by atoms with Gasteiger partial charge in [0, 0.05) is 18.1 Å². The Morgan fingerprint density at radius 3 is 2.71 bits per heavy atom. The molecule has 0 atom stereocenters. The predicted octanol–water partition coefficient (Wildman–Crippen LogP) is 2.14. The van der Waals surface area contributed by atoms with Gasteiger partial charge >= 0.3 is 0 Å². The van der Waals surface area contributed by atoms with Gasteiger partial charge in [0.2, 0.25) is 10.0 Å². The molecule has 0 spiro atoms. The highest BCUT2D eigenvalue weighted by Crippen LogP contribution is 2.26. The fourth-order valence-corrected chi connectivity index (χ4v) is 4.01. The number of hydrogen-bond donors (Lipinski definition) is 2. The van der Waals surface area contributed by atoms with Crippen LogP contribution in [0.25, 0.3) is 5.69 Å². The molecule has 0 aliphatic heterocycles. The smallest absolute Gasteiger partial charge is 0.266 e. The summed E-state index contributed by atoms with van der Waals surface area (Å²) in [7, 11) is -3.82. The lowest BCUT2D eigenvalue weighted by Gasteiger charge is -2.07. The van der Waals surface area contributed by atoms with E-state index in [1.54, 1.807) is 48.3 Å². The second-order valence-electron chi connectivity index (χ2n) is 5.08. The van der Waals surface area contributed by atoms with Crippen molar-refractivity contribution in [3.05, 3.63) is 59.2 Å². The Labute approximate surface area is 142 Å². The molecule has 3 rings (SSSR count). The van der Waals surface area contributed by atoms with E-state index in [0.29, 0.717) is 16.1 Å². The molecule has 0 saturated carbocycles. The first-order chi connectivity index (χ1) is 11.3. The molecule has 0 aliphatic carbocycles. The van der Waals surface area contributed by atoms with Crippen LogP contribution >= 0.6 is 11.3 Å². The minimum atomic E-state index is -3.82. The highest BCUT2D eigenvalue weighted by molar-refractivity contribution is 7.91. The number of carbonyl (C=O) groups excluding carboxylic acids is 1. The molecule has 3 aromatic rings. The summed E-state index contributed by atoms with van der Waals surface area (Å²) in [4.78, 5) is 12.7. The normalized spacial score (nSPS) is 11.4. The van der Waals surface area contributed by atoms with Crippen molar-refractivity contribution in [3.63, 3.8) is 0 Å². The van der Waals surface area contributed by atoms with Crippen molar-refractivity contribution in [3.8, 4) is 5.69 Å². The molecular formula is C15H14N4O3S2. The topological polar surface area (TPSA) is 107 Å². The van der Waals surface area contributed by atoms with Crippen LogP contribution in [0.15, 0.2) is 53.0 Å². The van der Waals surface area contributed by atoms with E-state index in [4.69, 9.17) is 5.14 Å². The minimum Gasteiger partial charge on any atom is -0.321 e. The van der Waals surface area contributed by atoms with Crippen LogP contribution in [-0.4, -0.2) is 24.1 Å². The number of anilines is 1. The van der Waals surface area contributed by atoms with Crippen LogP contribution in [0.1, 0.15) is 15.2 Å². The van der Waals surface area contributed by atoms with Crippen molar-refractivity contribution in [1.29, 1.82) is 0 Å². The van der Waals surface area contributed by atoms with E-state index in [-0.39, 0.29) is 10.1 Å². The third-order valence-electron chi connectivity index (χ3n) is 3.25. The Hall–Kier alpha value is -2.49. The van der Waals surface area contributed by atoms with Gasteiger partial charge in [0.25, 0.3) is 5.91 Å². The zero-order valence-electron chi connectivity index (χ0n) is 12.6. The molecule has 1 amide bonds. The van der Waals surface area contributed by atoms with E-state index in [2.05, 4.69) is 10.4 Å². The Morgan fingerprint density at radius 2 is 2.08 bits per heavy atom. The van der Waals surface area contributed by atoms with Crippen LogP contribution in [0.3, 0.4) is 0 Å². The zero-order valence-corrected chi connectivity index (χ0v) is 14.3. The zero-order chi connectivity index (χ0) is 17.3. The fraction of sp³-hybridized carbons (Fsp3) is 0.0667. The quantitative estimate of drug-likeness (QED) is 0.741. The number of thiophene rings is 1. The predicted molar refractivity (Wildman–Crippen MR) is 91.9 cm³/mol. The second kappa shape index (κ2) is 6.19. The van der Waals surface area contributed by atoms with E-state index in [9.17, 15) is 13.2 Å². The maximum absolute atomic E-state index is 12.4. The highest BCUT2D eigenvalue weighted by atomic mass is 32.2.